The first-order valence-electron chi connectivity index (χ1n) is 9.97. The van der Waals surface area contributed by atoms with Crippen LogP contribution >= 0.6 is 0 Å². The highest BCUT2D eigenvalue weighted by molar-refractivity contribution is 6.06. The Balaban J connectivity index is 1.52. The van der Waals surface area contributed by atoms with Crippen molar-refractivity contribution in [3.05, 3.63) is 71.8 Å². The quantitative estimate of drug-likeness (QED) is 0.367. The average Bonchev–Trinajstić information content (AvgIpc) is 3.53. The van der Waals surface area contributed by atoms with Crippen molar-refractivity contribution in [2.24, 2.45) is 0 Å². The fourth-order valence-corrected chi connectivity index (χ4v) is 3.02. The molecule has 0 saturated carbocycles. The molecule has 0 atom stereocenters. The fraction of sp³-hybridized carbons (Fsp3) is 0.182. The van der Waals surface area contributed by atoms with Gasteiger partial charge in [-0.1, -0.05) is 30.3 Å². The Morgan fingerprint density at radius 2 is 1.88 bits per heavy atom. The van der Waals surface area contributed by atoms with Crippen LogP contribution in [0.2, 0.25) is 0 Å². The van der Waals surface area contributed by atoms with E-state index in [1.807, 2.05) is 6.07 Å². The summed E-state index contributed by atoms with van der Waals surface area (Å²) in [5.74, 6) is -0.493. The molecular weight excluding hydrogens is 430 g/mol. The van der Waals surface area contributed by atoms with E-state index in [1.165, 1.54) is 17.9 Å². The van der Waals surface area contributed by atoms with E-state index < -0.39 is 11.9 Å². The predicted octanol–water partition coefficient (Wildman–Crippen LogP) is 3.05. The SMILES string of the molecule is CC(=O)c1ccc(Cn2ncc(NC(=O)c3nc(CCC(=O)O)oc3-c3ccccc3)n2)o1. The van der Waals surface area contributed by atoms with Gasteiger partial charge >= 0.3 is 5.97 Å². The average molecular weight is 449 g/mol. The summed E-state index contributed by atoms with van der Waals surface area (Å²) in [7, 11) is 0. The maximum absolute atomic E-state index is 12.9. The summed E-state index contributed by atoms with van der Waals surface area (Å²) in [5, 5.41) is 19.8. The van der Waals surface area contributed by atoms with Crippen molar-refractivity contribution in [3.63, 3.8) is 0 Å². The van der Waals surface area contributed by atoms with Crippen molar-refractivity contribution in [2.75, 3.05) is 5.32 Å². The van der Waals surface area contributed by atoms with Crippen LogP contribution in [-0.4, -0.2) is 42.7 Å². The van der Waals surface area contributed by atoms with Gasteiger partial charge in [-0.25, -0.2) is 4.98 Å². The van der Waals surface area contributed by atoms with Gasteiger partial charge in [-0.2, -0.15) is 9.90 Å². The van der Waals surface area contributed by atoms with E-state index in [0.717, 1.165) is 0 Å². The number of Topliss-reactive ketones (excluding diaryl/α,β-unsaturated/α-hetero) is 1. The summed E-state index contributed by atoms with van der Waals surface area (Å²) in [6.45, 7) is 1.57. The zero-order chi connectivity index (χ0) is 23.4. The number of oxazole rings is 1. The second-order valence-corrected chi connectivity index (χ2v) is 7.08. The molecule has 4 rings (SSSR count). The number of carboxylic acids is 1. The Morgan fingerprint density at radius 3 is 2.58 bits per heavy atom. The third-order valence-corrected chi connectivity index (χ3v) is 4.56. The van der Waals surface area contributed by atoms with Crippen LogP contribution in [0.1, 0.15) is 46.0 Å². The van der Waals surface area contributed by atoms with Crippen molar-refractivity contribution < 1.29 is 28.3 Å². The van der Waals surface area contributed by atoms with E-state index in [9.17, 15) is 14.4 Å². The lowest BCUT2D eigenvalue weighted by Gasteiger charge is -2.01. The smallest absolute Gasteiger partial charge is 0.303 e. The number of aromatic nitrogens is 4. The van der Waals surface area contributed by atoms with Crippen LogP contribution in [0, 0.1) is 0 Å². The van der Waals surface area contributed by atoms with E-state index >= 15 is 0 Å². The first-order valence-corrected chi connectivity index (χ1v) is 9.97. The number of rotatable bonds is 9. The molecule has 0 aliphatic rings. The standard InChI is InChI=1S/C22H19N5O6/c1-13(28)16-8-7-15(32-16)12-27-23-11-17(26-27)24-22(31)20-21(14-5-3-2-4-6-14)33-18(25-20)9-10-19(29)30/h2-8,11H,9-10,12H2,1H3,(H,29,30)(H,24,26,31). The number of nitrogens with zero attached hydrogens (tertiary/aromatic N) is 4. The topological polar surface area (TPSA) is 153 Å². The number of hydrogen-bond donors (Lipinski definition) is 2. The molecule has 0 aliphatic heterocycles. The van der Waals surface area contributed by atoms with Gasteiger partial charge in [0.15, 0.2) is 34.7 Å². The van der Waals surface area contributed by atoms with Crippen LogP contribution in [0.3, 0.4) is 0 Å². The van der Waals surface area contributed by atoms with Gasteiger partial charge in [0.05, 0.1) is 12.6 Å². The van der Waals surface area contributed by atoms with Crippen molar-refractivity contribution in [2.45, 2.75) is 26.3 Å². The largest absolute Gasteiger partial charge is 0.481 e. The highest BCUT2D eigenvalue weighted by atomic mass is 16.4. The fourth-order valence-electron chi connectivity index (χ4n) is 3.02. The lowest BCUT2D eigenvalue weighted by molar-refractivity contribution is -0.137. The minimum atomic E-state index is -0.996. The molecule has 3 aromatic heterocycles. The molecule has 2 N–H and O–H groups in total. The second kappa shape index (κ2) is 9.30. The summed E-state index contributed by atoms with van der Waals surface area (Å²) in [6, 6.07) is 12.1. The van der Waals surface area contributed by atoms with Gasteiger partial charge in [-0.3, -0.25) is 14.4 Å². The summed E-state index contributed by atoms with van der Waals surface area (Å²) >= 11 is 0. The third-order valence-electron chi connectivity index (χ3n) is 4.56. The molecule has 0 unspecified atom stereocenters. The van der Waals surface area contributed by atoms with Gasteiger partial charge in [0.25, 0.3) is 5.91 Å². The maximum atomic E-state index is 12.9. The van der Waals surface area contributed by atoms with Crippen LogP contribution in [0.4, 0.5) is 5.82 Å². The van der Waals surface area contributed by atoms with Crippen LogP contribution in [0.5, 0.6) is 0 Å². The highest BCUT2D eigenvalue weighted by Crippen LogP contribution is 2.26. The molecule has 33 heavy (non-hydrogen) atoms. The van der Waals surface area contributed by atoms with Gasteiger partial charge in [-0.15, -0.1) is 5.10 Å². The number of furan rings is 1. The number of benzene rings is 1. The molecule has 11 nitrogen and oxygen atoms in total. The molecule has 0 spiro atoms. The van der Waals surface area contributed by atoms with E-state index in [0.29, 0.717) is 11.3 Å². The second-order valence-electron chi connectivity index (χ2n) is 7.08. The van der Waals surface area contributed by atoms with Crippen LogP contribution in [0.25, 0.3) is 11.3 Å². The first-order chi connectivity index (χ1) is 15.9. The number of carbonyl (C=O) groups excluding carboxylic acids is 2. The first kappa shape index (κ1) is 21.7. The van der Waals surface area contributed by atoms with E-state index in [-0.39, 0.29) is 54.1 Å². The van der Waals surface area contributed by atoms with Gasteiger partial charge in [0.1, 0.15) is 12.3 Å². The highest BCUT2D eigenvalue weighted by Gasteiger charge is 2.23. The van der Waals surface area contributed by atoms with Crippen molar-refractivity contribution in [1.82, 2.24) is 20.0 Å². The molecule has 3 heterocycles. The zero-order valence-corrected chi connectivity index (χ0v) is 17.5. The zero-order valence-electron chi connectivity index (χ0n) is 17.5. The van der Waals surface area contributed by atoms with Crippen LogP contribution < -0.4 is 5.32 Å². The number of carbonyl (C=O) groups is 3. The molecule has 0 fully saturated rings. The van der Waals surface area contributed by atoms with Crippen molar-refractivity contribution >= 4 is 23.5 Å². The molecule has 11 heteroatoms. The minimum Gasteiger partial charge on any atom is -0.481 e. The van der Waals surface area contributed by atoms with Crippen molar-refractivity contribution in [1.29, 1.82) is 0 Å². The summed E-state index contributed by atoms with van der Waals surface area (Å²) in [6.07, 6.45) is 1.23. The third kappa shape index (κ3) is 5.21. The molecule has 0 radical (unpaired) electrons. The molecule has 0 bridgehead atoms. The Bertz CT molecular complexity index is 1300. The Hall–Kier alpha value is -4.54. The molecular formula is C22H19N5O6. The molecule has 168 valence electrons. The Kier molecular flexibility index (Phi) is 6.11. The van der Waals surface area contributed by atoms with E-state index in [4.69, 9.17) is 13.9 Å². The lowest BCUT2D eigenvalue weighted by Crippen LogP contribution is -2.14. The monoisotopic (exact) mass is 449 g/mol. The molecule has 4 aromatic rings. The van der Waals surface area contributed by atoms with E-state index in [1.54, 1.807) is 36.4 Å². The number of aryl methyl sites for hydroxylation is 1. The number of amides is 1. The number of carboxylic acid groups (broad SMARTS) is 1. The van der Waals surface area contributed by atoms with E-state index in [2.05, 4.69) is 20.5 Å². The number of hydrogen-bond acceptors (Lipinski definition) is 8. The maximum Gasteiger partial charge on any atom is 0.303 e. The number of nitrogens with one attached hydrogen (secondary N) is 1. The summed E-state index contributed by atoms with van der Waals surface area (Å²) in [4.78, 5) is 40.7. The Labute approximate surface area is 187 Å². The number of anilines is 1. The van der Waals surface area contributed by atoms with Crippen molar-refractivity contribution in [3.8, 4) is 11.3 Å². The predicted molar refractivity (Wildman–Crippen MR) is 114 cm³/mol. The Morgan fingerprint density at radius 1 is 1.09 bits per heavy atom. The number of aliphatic carboxylic acids is 1. The van der Waals surface area contributed by atoms with Gasteiger partial charge in [0.2, 0.25) is 0 Å². The molecule has 0 aliphatic carbocycles. The molecule has 0 saturated heterocycles. The van der Waals surface area contributed by atoms with Crippen LogP contribution in [0.15, 0.2) is 57.5 Å². The van der Waals surface area contributed by atoms with Gasteiger partial charge in [0, 0.05) is 18.9 Å². The summed E-state index contributed by atoms with van der Waals surface area (Å²) < 4.78 is 11.1. The summed E-state index contributed by atoms with van der Waals surface area (Å²) in [5.41, 5.74) is 0.632. The van der Waals surface area contributed by atoms with Crippen LogP contribution in [-0.2, 0) is 17.8 Å². The minimum absolute atomic E-state index is 0.00766. The normalized spacial score (nSPS) is 10.8. The molecule has 1 aromatic carbocycles. The van der Waals surface area contributed by atoms with Gasteiger partial charge < -0.3 is 19.3 Å². The number of ketones is 1. The van der Waals surface area contributed by atoms with Gasteiger partial charge in [-0.05, 0) is 12.1 Å². The lowest BCUT2D eigenvalue weighted by atomic mass is 10.1. The molecule has 1 amide bonds.